The van der Waals surface area contributed by atoms with E-state index in [2.05, 4.69) is 22.2 Å². The lowest BCUT2D eigenvalue weighted by Crippen LogP contribution is -2.45. The van der Waals surface area contributed by atoms with Crippen LogP contribution in [0.3, 0.4) is 0 Å². The van der Waals surface area contributed by atoms with Crippen LogP contribution in [0, 0.1) is 27.7 Å². The van der Waals surface area contributed by atoms with Crippen molar-refractivity contribution in [3.05, 3.63) is 58.7 Å². The molecule has 0 unspecified atom stereocenters. The Kier molecular flexibility index (Phi) is 6.36. The third kappa shape index (κ3) is 6.08. The van der Waals surface area contributed by atoms with E-state index >= 15 is 0 Å². The van der Waals surface area contributed by atoms with Gasteiger partial charge in [-0.15, -0.1) is 0 Å². The number of rotatable bonds is 4. The first-order chi connectivity index (χ1) is 11.8. The predicted octanol–water partition coefficient (Wildman–Crippen LogP) is 3.32. The van der Waals surface area contributed by atoms with E-state index in [4.69, 9.17) is 17.0 Å². The molecule has 2 aromatic rings. The van der Waals surface area contributed by atoms with Crippen molar-refractivity contribution in [2.45, 2.75) is 27.7 Å². The number of carbonyl (C=O) groups excluding carboxylic acids is 1. The molecule has 0 aliphatic heterocycles. The lowest BCUT2D eigenvalue weighted by molar-refractivity contribution is -0.123. The van der Waals surface area contributed by atoms with Gasteiger partial charge in [0.1, 0.15) is 5.75 Å². The molecule has 0 heterocycles. The van der Waals surface area contributed by atoms with Crippen LogP contribution in [0.4, 0.5) is 5.69 Å². The number of carbonyl (C=O) groups is 1. The molecule has 0 radical (unpaired) electrons. The smallest absolute Gasteiger partial charge is 0.276 e. The fourth-order valence-corrected chi connectivity index (χ4v) is 2.55. The zero-order valence-corrected chi connectivity index (χ0v) is 15.7. The predicted molar refractivity (Wildman–Crippen MR) is 105 cm³/mol. The Morgan fingerprint density at radius 3 is 2.32 bits per heavy atom. The normalized spacial score (nSPS) is 10.1. The number of anilines is 1. The number of benzene rings is 2. The van der Waals surface area contributed by atoms with Gasteiger partial charge in [0.25, 0.3) is 5.91 Å². The van der Waals surface area contributed by atoms with Crippen LogP contribution in [0.5, 0.6) is 5.75 Å². The average molecular weight is 357 g/mol. The summed E-state index contributed by atoms with van der Waals surface area (Å²) in [7, 11) is 0. The average Bonchev–Trinajstić information content (AvgIpc) is 2.52. The molecule has 25 heavy (non-hydrogen) atoms. The molecule has 0 saturated heterocycles. The summed E-state index contributed by atoms with van der Waals surface area (Å²) in [6.45, 7) is 7.85. The Bertz CT molecular complexity index is 770. The van der Waals surface area contributed by atoms with Crippen LogP contribution in [0.2, 0.25) is 0 Å². The molecule has 0 spiro atoms. The van der Waals surface area contributed by atoms with E-state index in [0.29, 0.717) is 10.9 Å². The molecule has 2 aromatic carbocycles. The van der Waals surface area contributed by atoms with Gasteiger partial charge in [-0.05, 0) is 80.4 Å². The van der Waals surface area contributed by atoms with Crippen molar-refractivity contribution in [3.63, 3.8) is 0 Å². The minimum absolute atomic E-state index is 0.0938. The first kappa shape index (κ1) is 18.7. The Morgan fingerprint density at radius 1 is 0.960 bits per heavy atom. The largest absolute Gasteiger partial charge is 0.483 e. The Balaban J connectivity index is 1.79. The summed E-state index contributed by atoms with van der Waals surface area (Å²) in [5.41, 5.74) is 10.4. The second kappa shape index (κ2) is 8.48. The summed E-state index contributed by atoms with van der Waals surface area (Å²) < 4.78 is 5.55. The van der Waals surface area contributed by atoms with E-state index in [1.54, 1.807) is 0 Å². The molecule has 0 aliphatic carbocycles. The molecule has 6 heteroatoms. The molecular formula is C19H23N3O2S. The second-order valence-corrected chi connectivity index (χ2v) is 6.47. The molecule has 3 N–H and O–H groups in total. The Morgan fingerprint density at radius 2 is 1.64 bits per heavy atom. The summed E-state index contributed by atoms with van der Waals surface area (Å²) in [5.74, 6) is 0.386. The standard InChI is InChI=1S/C19H23N3O2S/c1-12-5-6-15(4)17(10-12)24-11-18(23)21-22-19(25)20-16-8-13(2)7-14(3)9-16/h5-10H,11H2,1-4H3,(H,21,23)(H2,20,22,25). The summed E-state index contributed by atoms with van der Waals surface area (Å²) in [6.07, 6.45) is 0. The molecule has 132 valence electrons. The summed E-state index contributed by atoms with van der Waals surface area (Å²) in [4.78, 5) is 11.9. The monoisotopic (exact) mass is 357 g/mol. The zero-order chi connectivity index (χ0) is 18.4. The summed E-state index contributed by atoms with van der Waals surface area (Å²) in [5, 5.41) is 3.34. The fourth-order valence-electron chi connectivity index (χ4n) is 2.38. The topological polar surface area (TPSA) is 62.4 Å². The van der Waals surface area contributed by atoms with Crippen molar-refractivity contribution >= 4 is 28.9 Å². The van der Waals surface area contributed by atoms with Gasteiger partial charge in [0.2, 0.25) is 0 Å². The van der Waals surface area contributed by atoms with Gasteiger partial charge in [-0.1, -0.05) is 18.2 Å². The third-order valence-corrected chi connectivity index (χ3v) is 3.70. The van der Waals surface area contributed by atoms with Crippen LogP contribution in [-0.2, 0) is 4.79 Å². The quantitative estimate of drug-likeness (QED) is 0.579. The first-order valence-electron chi connectivity index (χ1n) is 7.97. The van der Waals surface area contributed by atoms with Crippen molar-refractivity contribution in [2.24, 2.45) is 0 Å². The lowest BCUT2D eigenvalue weighted by atomic mass is 10.1. The molecule has 0 saturated carbocycles. The van der Waals surface area contributed by atoms with Gasteiger partial charge >= 0.3 is 0 Å². The Hall–Kier alpha value is -2.60. The molecule has 0 aliphatic rings. The highest BCUT2D eigenvalue weighted by atomic mass is 32.1. The maximum atomic E-state index is 11.9. The van der Waals surface area contributed by atoms with Gasteiger partial charge in [0, 0.05) is 5.69 Å². The van der Waals surface area contributed by atoms with Crippen LogP contribution in [0.15, 0.2) is 36.4 Å². The number of ether oxygens (including phenoxy) is 1. The molecule has 0 aromatic heterocycles. The van der Waals surface area contributed by atoms with Crippen LogP contribution in [-0.4, -0.2) is 17.6 Å². The number of thiocarbonyl (C=S) groups is 1. The van der Waals surface area contributed by atoms with Crippen molar-refractivity contribution in [2.75, 3.05) is 11.9 Å². The number of nitrogens with one attached hydrogen (secondary N) is 3. The van der Waals surface area contributed by atoms with E-state index in [-0.39, 0.29) is 12.5 Å². The highest BCUT2D eigenvalue weighted by molar-refractivity contribution is 7.80. The molecule has 0 fully saturated rings. The maximum Gasteiger partial charge on any atom is 0.276 e. The SMILES string of the molecule is Cc1cc(C)cc(NC(=S)NNC(=O)COc2cc(C)ccc2C)c1. The number of aryl methyl sites for hydroxylation is 4. The molecule has 0 atom stereocenters. The van der Waals surface area contributed by atoms with Crippen LogP contribution in [0.25, 0.3) is 0 Å². The first-order valence-corrected chi connectivity index (χ1v) is 8.38. The minimum atomic E-state index is -0.314. The van der Waals surface area contributed by atoms with E-state index < -0.39 is 0 Å². The highest BCUT2D eigenvalue weighted by Gasteiger charge is 2.06. The van der Waals surface area contributed by atoms with Crippen molar-refractivity contribution in [3.8, 4) is 5.75 Å². The highest BCUT2D eigenvalue weighted by Crippen LogP contribution is 2.18. The fraction of sp³-hybridized carbons (Fsp3) is 0.263. The van der Waals surface area contributed by atoms with Gasteiger partial charge in [-0.25, -0.2) is 0 Å². The lowest BCUT2D eigenvalue weighted by Gasteiger charge is -2.13. The number of amides is 1. The Labute approximate surface area is 153 Å². The third-order valence-electron chi connectivity index (χ3n) is 3.50. The van der Waals surface area contributed by atoms with Crippen LogP contribution < -0.4 is 20.9 Å². The maximum absolute atomic E-state index is 11.9. The molecular weight excluding hydrogens is 334 g/mol. The molecule has 0 bridgehead atoms. The van der Waals surface area contributed by atoms with E-state index in [1.165, 1.54) is 0 Å². The van der Waals surface area contributed by atoms with Gasteiger partial charge in [-0.3, -0.25) is 15.6 Å². The molecule has 5 nitrogen and oxygen atoms in total. The summed E-state index contributed by atoms with van der Waals surface area (Å²) >= 11 is 5.18. The van der Waals surface area contributed by atoms with Crippen LogP contribution >= 0.6 is 12.2 Å². The van der Waals surface area contributed by atoms with E-state index in [1.807, 2.05) is 58.0 Å². The van der Waals surface area contributed by atoms with Crippen molar-refractivity contribution in [1.82, 2.24) is 10.9 Å². The summed E-state index contributed by atoms with van der Waals surface area (Å²) in [6, 6.07) is 11.9. The van der Waals surface area contributed by atoms with E-state index in [9.17, 15) is 4.79 Å². The van der Waals surface area contributed by atoms with Crippen molar-refractivity contribution < 1.29 is 9.53 Å². The number of hydrogen-bond donors (Lipinski definition) is 3. The van der Waals surface area contributed by atoms with Crippen LogP contribution in [0.1, 0.15) is 22.3 Å². The van der Waals surface area contributed by atoms with Gasteiger partial charge in [-0.2, -0.15) is 0 Å². The zero-order valence-electron chi connectivity index (χ0n) is 14.9. The van der Waals surface area contributed by atoms with Crippen molar-refractivity contribution in [1.29, 1.82) is 0 Å². The number of hydrazine groups is 1. The second-order valence-electron chi connectivity index (χ2n) is 6.06. The molecule has 2 rings (SSSR count). The van der Waals surface area contributed by atoms with Gasteiger partial charge in [0.15, 0.2) is 11.7 Å². The number of hydrogen-bond acceptors (Lipinski definition) is 3. The van der Waals surface area contributed by atoms with Gasteiger partial charge in [0.05, 0.1) is 0 Å². The van der Waals surface area contributed by atoms with E-state index in [0.717, 1.165) is 27.9 Å². The van der Waals surface area contributed by atoms with Gasteiger partial charge < -0.3 is 10.1 Å². The minimum Gasteiger partial charge on any atom is -0.483 e. The molecule has 1 amide bonds.